The van der Waals surface area contributed by atoms with Gasteiger partial charge in [0.05, 0.1) is 28.4 Å². The van der Waals surface area contributed by atoms with Crippen molar-refractivity contribution in [2.75, 3.05) is 48.1 Å². The van der Waals surface area contributed by atoms with Crippen LogP contribution in [-0.2, 0) is 12.8 Å². The second kappa shape index (κ2) is 9.49. The van der Waals surface area contributed by atoms with Gasteiger partial charge in [-0.1, -0.05) is 6.92 Å². The summed E-state index contributed by atoms with van der Waals surface area (Å²) in [5.41, 5.74) is 6.56. The van der Waals surface area contributed by atoms with E-state index in [2.05, 4.69) is 36.1 Å². The molecule has 1 fully saturated rings. The van der Waals surface area contributed by atoms with E-state index in [1.807, 2.05) is 0 Å². The van der Waals surface area contributed by atoms with Crippen LogP contribution < -0.4 is 18.9 Å². The first kappa shape index (κ1) is 23.0. The van der Waals surface area contributed by atoms with Gasteiger partial charge in [-0.15, -0.1) is 0 Å². The minimum atomic E-state index is 0.399. The summed E-state index contributed by atoms with van der Waals surface area (Å²) < 4.78 is 22.4. The number of fused-ring (bicyclic) bond motifs is 4. The Hall–Kier alpha value is -2.73. The van der Waals surface area contributed by atoms with Crippen LogP contribution in [-0.4, -0.2) is 58.7 Å². The van der Waals surface area contributed by atoms with E-state index in [1.54, 1.807) is 28.4 Å². The lowest BCUT2D eigenvalue weighted by molar-refractivity contribution is 0.0512. The molecule has 1 saturated heterocycles. The third kappa shape index (κ3) is 3.92. The average Bonchev–Trinajstić information content (AvgIpc) is 2.88. The lowest BCUT2D eigenvalue weighted by atomic mass is 9.72. The van der Waals surface area contributed by atoms with Gasteiger partial charge in [0.15, 0.2) is 23.0 Å². The van der Waals surface area contributed by atoms with E-state index >= 15 is 0 Å². The quantitative estimate of drug-likeness (QED) is 0.620. The largest absolute Gasteiger partial charge is 0.493 e. The van der Waals surface area contributed by atoms with Crippen molar-refractivity contribution >= 4 is 5.71 Å². The summed E-state index contributed by atoms with van der Waals surface area (Å²) in [7, 11) is 6.83. The van der Waals surface area contributed by atoms with E-state index in [4.69, 9.17) is 23.9 Å². The molecule has 0 saturated carbocycles. The Kier molecular flexibility index (Phi) is 6.43. The number of hydrogen-bond donors (Lipinski definition) is 0. The molecule has 34 heavy (non-hydrogen) atoms. The van der Waals surface area contributed by atoms with Crippen LogP contribution in [0.15, 0.2) is 29.3 Å². The second-order valence-corrected chi connectivity index (χ2v) is 9.69. The Morgan fingerprint density at radius 1 is 0.824 bits per heavy atom. The molecule has 2 aromatic rings. The van der Waals surface area contributed by atoms with Gasteiger partial charge in [0.1, 0.15) is 0 Å². The smallest absolute Gasteiger partial charge is 0.161 e. The van der Waals surface area contributed by atoms with Gasteiger partial charge in [-0.2, -0.15) is 0 Å². The highest BCUT2D eigenvalue weighted by Crippen LogP contribution is 2.47. The molecule has 0 aliphatic carbocycles. The third-order valence-electron chi connectivity index (χ3n) is 8.11. The molecular weight excluding hydrogens is 428 g/mol. The van der Waals surface area contributed by atoms with Crippen molar-refractivity contribution in [2.24, 2.45) is 16.8 Å². The maximum Gasteiger partial charge on any atom is 0.161 e. The van der Waals surface area contributed by atoms with E-state index in [-0.39, 0.29) is 0 Å². The highest BCUT2D eigenvalue weighted by Gasteiger charge is 2.40. The van der Waals surface area contributed by atoms with Crippen molar-refractivity contribution in [1.82, 2.24) is 4.90 Å². The fourth-order valence-electron chi connectivity index (χ4n) is 6.25. The first-order valence-electron chi connectivity index (χ1n) is 12.3. The summed E-state index contributed by atoms with van der Waals surface area (Å²) >= 11 is 0. The molecule has 3 aliphatic heterocycles. The molecule has 0 N–H and O–H groups in total. The molecule has 5 rings (SSSR count). The Balaban J connectivity index is 1.43. The Bertz CT molecular complexity index is 1100. The number of methoxy groups -OCH3 is 4. The first-order chi connectivity index (χ1) is 16.6. The normalized spacial score (nSPS) is 23.8. The number of benzene rings is 2. The first-order valence-corrected chi connectivity index (χ1v) is 12.3. The van der Waals surface area contributed by atoms with E-state index < -0.39 is 0 Å². The maximum absolute atomic E-state index is 5.66. The molecule has 3 atom stereocenters. The SMILES string of the molecule is COc1cc2c(cc1OC)C(C[C@@H]1CCN3CCc4cc(OC)c(OC)cc4[C@@H]3[C@@H]1C)=NCC2. The summed E-state index contributed by atoms with van der Waals surface area (Å²) in [5.74, 6) is 4.31. The van der Waals surface area contributed by atoms with Gasteiger partial charge >= 0.3 is 0 Å². The zero-order chi connectivity index (χ0) is 23.8. The zero-order valence-corrected chi connectivity index (χ0v) is 21.0. The molecule has 2 aromatic carbocycles. The minimum Gasteiger partial charge on any atom is -0.493 e. The predicted molar refractivity (Wildman–Crippen MR) is 134 cm³/mol. The topological polar surface area (TPSA) is 52.5 Å². The van der Waals surface area contributed by atoms with Gasteiger partial charge in [0.2, 0.25) is 0 Å². The molecule has 0 unspecified atom stereocenters. The molecule has 3 aliphatic rings. The molecular formula is C28H36N2O4. The minimum absolute atomic E-state index is 0.399. The highest BCUT2D eigenvalue weighted by molar-refractivity contribution is 6.03. The van der Waals surface area contributed by atoms with Gasteiger partial charge < -0.3 is 18.9 Å². The summed E-state index contributed by atoms with van der Waals surface area (Å²) in [4.78, 5) is 7.67. The van der Waals surface area contributed by atoms with E-state index in [1.165, 1.54) is 34.4 Å². The molecule has 0 spiro atoms. The van der Waals surface area contributed by atoms with Crippen LogP contribution in [0.1, 0.15) is 48.1 Å². The number of nitrogens with zero attached hydrogens (tertiary/aromatic N) is 2. The van der Waals surface area contributed by atoms with Gasteiger partial charge in [-0.05, 0) is 85.0 Å². The summed E-state index contributed by atoms with van der Waals surface area (Å²) in [6, 6.07) is 9.05. The standard InChI is InChI=1S/C28H36N2O4/c1-17-18(12-23-21-15-26(33-4)24(31-2)13-19(21)6-9-29-23)7-10-30-11-8-20-14-25(32-3)27(34-5)16-22(20)28(17)30/h13-18,28H,6-12H2,1-5H3/t17-,18+,28+/m1/s1. The van der Waals surface area contributed by atoms with E-state index in [9.17, 15) is 0 Å². The lowest BCUT2D eigenvalue weighted by Crippen LogP contribution is -2.46. The molecule has 182 valence electrons. The third-order valence-corrected chi connectivity index (χ3v) is 8.11. The van der Waals surface area contributed by atoms with Crippen molar-refractivity contribution in [3.63, 3.8) is 0 Å². The van der Waals surface area contributed by atoms with Crippen LogP contribution in [0.3, 0.4) is 0 Å². The van der Waals surface area contributed by atoms with Crippen molar-refractivity contribution in [1.29, 1.82) is 0 Å². The van der Waals surface area contributed by atoms with Gasteiger partial charge in [0, 0.05) is 30.4 Å². The number of rotatable bonds is 6. The van der Waals surface area contributed by atoms with Crippen LogP contribution in [0, 0.1) is 11.8 Å². The molecule has 0 amide bonds. The Morgan fingerprint density at radius 2 is 1.47 bits per heavy atom. The number of ether oxygens (including phenoxy) is 4. The summed E-state index contributed by atoms with van der Waals surface area (Å²) in [6.07, 6.45) is 4.20. The second-order valence-electron chi connectivity index (χ2n) is 9.69. The van der Waals surface area contributed by atoms with Crippen LogP contribution in [0.4, 0.5) is 0 Å². The Labute approximate surface area is 202 Å². The van der Waals surface area contributed by atoms with Crippen molar-refractivity contribution in [3.05, 3.63) is 46.5 Å². The summed E-state index contributed by atoms with van der Waals surface area (Å²) in [6.45, 7) is 5.49. The lowest BCUT2D eigenvalue weighted by Gasteiger charge is -2.48. The van der Waals surface area contributed by atoms with Gasteiger partial charge in [0.25, 0.3) is 0 Å². The number of piperidine rings is 1. The zero-order valence-electron chi connectivity index (χ0n) is 21.0. The fourth-order valence-corrected chi connectivity index (χ4v) is 6.25. The Morgan fingerprint density at radius 3 is 2.18 bits per heavy atom. The van der Waals surface area contributed by atoms with Crippen LogP contribution >= 0.6 is 0 Å². The van der Waals surface area contributed by atoms with Gasteiger partial charge in [-0.25, -0.2) is 0 Å². The van der Waals surface area contributed by atoms with Crippen LogP contribution in [0.2, 0.25) is 0 Å². The molecule has 0 radical (unpaired) electrons. The number of aliphatic imine (C=N–C) groups is 1. The van der Waals surface area contributed by atoms with Crippen LogP contribution in [0.5, 0.6) is 23.0 Å². The molecule has 0 bridgehead atoms. The van der Waals surface area contributed by atoms with Crippen molar-refractivity contribution < 1.29 is 18.9 Å². The average molecular weight is 465 g/mol. The van der Waals surface area contributed by atoms with E-state index in [0.717, 1.165) is 61.9 Å². The van der Waals surface area contributed by atoms with Crippen molar-refractivity contribution in [2.45, 2.75) is 38.6 Å². The van der Waals surface area contributed by atoms with Crippen LogP contribution in [0.25, 0.3) is 0 Å². The fraction of sp³-hybridized carbons (Fsp3) is 0.536. The molecule has 0 aromatic heterocycles. The van der Waals surface area contributed by atoms with Gasteiger partial charge in [-0.3, -0.25) is 9.89 Å². The summed E-state index contributed by atoms with van der Waals surface area (Å²) in [5, 5.41) is 0. The molecule has 3 heterocycles. The molecule has 6 heteroatoms. The predicted octanol–water partition coefficient (Wildman–Crippen LogP) is 4.71. The number of hydrogen-bond acceptors (Lipinski definition) is 6. The highest BCUT2D eigenvalue weighted by atomic mass is 16.5. The monoisotopic (exact) mass is 464 g/mol. The van der Waals surface area contributed by atoms with E-state index in [0.29, 0.717) is 17.9 Å². The van der Waals surface area contributed by atoms with Crippen molar-refractivity contribution in [3.8, 4) is 23.0 Å². The maximum atomic E-state index is 5.66. The molecule has 6 nitrogen and oxygen atoms in total.